The van der Waals surface area contributed by atoms with Gasteiger partial charge in [-0.05, 0) is 75.0 Å². The maximum absolute atomic E-state index is 5.70. The van der Waals surface area contributed by atoms with Gasteiger partial charge in [0, 0.05) is 0 Å². The minimum atomic E-state index is 0.366. The fourth-order valence-electron chi connectivity index (χ4n) is 2.08. The summed E-state index contributed by atoms with van der Waals surface area (Å²) >= 11 is 0. The van der Waals surface area contributed by atoms with E-state index in [0.29, 0.717) is 25.6 Å². The van der Waals surface area contributed by atoms with Gasteiger partial charge in [-0.1, -0.05) is 0 Å². The molecular formula is C14H24N2O. The average Bonchev–Trinajstić information content (AvgIpc) is 2.29. The van der Waals surface area contributed by atoms with Gasteiger partial charge in [-0.2, -0.15) is 0 Å². The summed E-state index contributed by atoms with van der Waals surface area (Å²) in [5, 5.41) is 0. The molecule has 4 N–H and O–H groups in total. The van der Waals surface area contributed by atoms with Crippen LogP contribution in [0, 0.1) is 19.8 Å². The van der Waals surface area contributed by atoms with E-state index in [0.717, 1.165) is 12.2 Å². The number of hydrogen-bond acceptors (Lipinski definition) is 3. The molecule has 3 heteroatoms. The number of nitrogens with two attached hydrogens (primary N) is 2. The molecule has 96 valence electrons. The first kappa shape index (κ1) is 14.0. The topological polar surface area (TPSA) is 61.3 Å². The van der Waals surface area contributed by atoms with Crippen molar-refractivity contribution in [2.75, 3.05) is 19.7 Å². The first-order valence-corrected chi connectivity index (χ1v) is 6.25. The molecule has 0 spiro atoms. The molecule has 0 unspecified atom stereocenters. The largest absolute Gasteiger partial charge is 0.494 e. The third kappa shape index (κ3) is 3.72. The van der Waals surface area contributed by atoms with Gasteiger partial charge in [0.25, 0.3) is 0 Å². The average molecular weight is 236 g/mol. The molecule has 0 radical (unpaired) electrons. The van der Waals surface area contributed by atoms with Crippen molar-refractivity contribution in [1.82, 2.24) is 0 Å². The van der Waals surface area contributed by atoms with Crippen LogP contribution in [0.15, 0.2) is 12.1 Å². The van der Waals surface area contributed by atoms with Gasteiger partial charge < -0.3 is 16.2 Å². The molecule has 0 heterocycles. The van der Waals surface area contributed by atoms with E-state index in [4.69, 9.17) is 16.2 Å². The Morgan fingerprint density at radius 3 is 2.06 bits per heavy atom. The van der Waals surface area contributed by atoms with Crippen LogP contribution in [0.5, 0.6) is 5.75 Å². The SMILES string of the molecule is CCOc1cc(C)c(CC(CN)CN)c(C)c1. The van der Waals surface area contributed by atoms with Crippen LogP contribution < -0.4 is 16.2 Å². The van der Waals surface area contributed by atoms with Crippen LogP contribution in [0.25, 0.3) is 0 Å². The molecule has 1 aromatic carbocycles. The summed E-state index contributed by atoms with van der Waals surface area (Å²) in [4.78, 5) is 0. The standard InChI is InChI=1S/C14H24N2O/c1-4-17-13-5-10(2)14(11(3)6-13)7-12(8-15)9-16/h5-6,12H,4,7-9,15-16H2,1-3H3. The second kappa shape index (κ2) is 6.62. The third-order valence-corrected chi connectivity index (χ3v) is 3.14. The second-order valence-corrected chi connectivity index (χ2v) is 4.51. The van der Waals surface area contributed by atoms with E-state index in [1.165, 1.54) is 16.7 Å². The van der Waals surface area contributed by atoms with Gasteiger partial charge in [0.15, 0.2) is 0 Å². The highest BCUT2D eigenvalue weighted by atomic mass is 16.5. The Labute approximate surface area is 104 Å². The summed E-state index contributed by atoms with van der Waals surface area (Å²) in [5.74, 6) is 1.31. The molecule has 17 heavy (non-hydrogen) atoms. The Balaban J connectivity index is 2.92. The van der Waals surface area contributed by atoms with Crippen molar-refractivity contribution in [3.63, 3.8) is 0 Å². The van der Waals surface area contributed by atoms with Crippen LogP contribution >= 0.6 is 0 Å². The smallest absolute Gasteiger partial charge is 0.119 e. The number of ether oxygens (including phenoxy) is 1. The molecule has 0 aliphatic carbocycles. The molecule has 0 aliphatic heterocycles. The Morgan fingerprint density at radius 2 is 1.65 bits per heavy atom. The van der Waals surface area contributed by atoms with E-state index in [1.54, 1.807) is 0 Å². The van der Waals surface area contributed by atoms with E-state index in [1.807, 2.05) is 6.92 Å². The fourth-order valence-corrected chi connectivity index (χ4v) is 2.08. The van der Waals surface area contributed by atoms with E-state index in [-0.39, 0.29) is 0 Å². The van der Waals surface area contributed by atoms with Crippen LogP contribution in [-0.2, 0) is 6.42 Å². The number of rotatable bonds is 6. The molecule has 0 amide bonds. The van der Waals surface area contributed by atoms with Gasteiger partial charge in [-0.15, -0.1) is 0 Å². The summed E-state index contributed by atoms with van der Waals surface area (Å²) < 4.78 is 5.53. The lowest BCUT2D eigenvalue weighted by molar-refractivity contribution is 0.339. The maximum atomic E-state index is 5.70. The Bertz CT molecular complexity index is 336. The summed E-state index contributed by atoms with van der Waals surface area (Å²) in [6.07, 6.45) is 0.955. The van der Waals surface area contributed by atoms with Crippen molar-refractivity contribution < 1.29 is 4.74 Å². The van der Waals surface area contributed by atoms with Gasteiger partial charge in [-0.25, -0.2) is 0 Å². The second-order valence-electron chi connectivity index (χ2n) is 4.51. The number of benzene rings is 1. The molecule has 0 aliphatic rings. The van der Waals surface area contributed by atoms with Crippen molar-refractivity contribution in [2.45, 2.75) is 27.2 Å². The van der Waals surface area contributed by atoms with Gasteiger partial charge in [0.05, 0.1) is 6.61 Å². The van der Waals surface area contributed by atoms with Gasteiger partial charge >= 0.3 is 0 Å². The zero-order valence-electron chi connectivity index (χ0n) is 11.1. The molecule has 0 bridgehead atoms. The van der Waals surface area contributed by atoms with Crippen molar-refractivity contribution in [1.29, 1.82) is 0 Å². The van der Waals surface area contributed by atoms with Crippen molar-refractivity contribution in [3.8, 4) is 5.75 Å². The van der Waals surface area contributed by atoms with Gasteiger partial charge in [0.2, 0.25) is 0 Å². The monoisotopic (exact) mass is 236 g/mol. The normalized spacial score (nSPS) is 10.9. The van der Waals surface area contributed by atoms with Crippen LogP contribution in [0.4, 0.5) is 0 Å². The maximum Gasteiger partial charge on any atom is 0.119 e. The summed E-state index contributed by atoms with van der Waals surface area (Å²) in [5.41, 5.74) is 15.3. The fraction of sp³-hybridized carbons (Fsp3) is 0.571. The van der Waals surface area contributed by atoms with Crippen LogP contribution in [0.2, 0.25) is 0 Å². The Hall–Kier alpha value is -1.06. The molecule has 1 aromatic rings. The number of aryl methyl sites for hydroxylation is 2. The first-order valence-electron chi connectivity index (χ1n) is 6.25. The van der Waals surface area contributed by atoms with E-state index >= 15 is 0 Å². The van der Waals surface area contributed by atoms with Crippen molar-refractivity contribution in [3.05, 3.63) is 28.8 Å². The third-order valence-electron chi connectivity index (χ3n) is 3.14. The minimum Gasteiger partial charge on any atom is -0.494 e. The lowest BCUT2D eigenvalue weighted by Gasteiger charge is -2.17. The molecule has 0 aromatic heterocycles. The Kier molecular flexibility index (Phi) is 5.45. The molecule has 0 fully saturated rings. The highest BCUT2D eigenvalue weighted by molar-refractivity contribution is 5.41. The molecule has 0 saturated heterocycles. The van der Waals surface area contributed by atoms with E-state index in [2.05, 4.69) is 26.0 Å². The molecular weight excluding hydrogens is 212 g/mol. The minimum absolute atomic E-state index is 0.366. The lowest BCUT2D eigenvalue weighted by Crippen LogP contribution is -2.25. The van der Waals surface area contributed by atoms with Crippen LogP contribution in [0.3, 0.4) is 0 Å². The molecule has 1 rings (SSSR count). The zero-order valence-corrected chi connectivity index (χ0v) is 11.1. The van der Waals surface area contributed by atoms with Gasteiger partial charge in [0.1, 0.15) is 5.75 Å². The predicted octanol–water partition coefficient (Wildman–Crippen LogP) is 1.78. The molecule has 0 atom stereocenters. The van der Waals surface area contributed by atoms with Crippen LogP contribution in [-0.4, -0.2) is 19.7 Å². The summed E-state index contributed by atoms with van der Waals surface area (Å²) in [7, 11) is 0. The molecule has 3 nitrogen and oxygen atoms in total. The Morgan fingerprint density at radius 1 is 1.12 bits per heavy atom. The summed E-state index contributed by atoms with van der Waals surface area (Å²) in [6, 6.07) is 4.19. The highest BCUT2D eigenvalue weighted by Crippen LogP contribution is 2.24. The number of hydrogen-bond donors (Lipinski definition) is 2. The first-order chi connectivity index (χ1) is 8.12. The summed E-state index contributed by atoms with van der Waals surface area (Å²) in [6.45, 7) is 8.22. The van der Waals surface area contributed by atoms with Crippen molar-refractivity contribution in [2.24, 2.45) is 17.4 Å². The predicted molar refractivity (Wildman–Crippen MR) is 72.4 cm³/mol. The lowest BCUT2D eigenvalue weighted by atomic mass is 9.92. The van der Waals surface area contributed by atoms with Crippen LogP contribution in [0.1, 0.15) is 23.6 Å². The zero-order chi connectivity index (χ0) is 12.8. The van der Waals surface area contributed by atoms with Crippen molar-refractivity contribution >= 4 is 0 Å². The van der Waals surface area contributed by atoms with E-state index < -0.39 is 0 Å². The quantitative estimate of drug-likeness (QED) is 0.791. The molecule has 0 saturated carbocycles. The highest BCUT2D eigenvalue weighted by Gasteiger charge is 2.11. The van der Waals surface area contributed by atoms with E-state index in [9.17, 15) is 0 Å². The van der Waals surface area contributed by atoms with Gasteiger partial charge in [-0.3, -0.25) is 0 Å².